The number of aliphatic hydroxyl groups is 3. The summed E-state index contributed by atoms with van der Waals surface area (Å²) in [6.07, 6.45) is -1.06. The zero-order valence-corrected chi connectivity index (χ0v) is 7.67. The molecule has 0 radical (unpaired) electrons. The highest BCUT2D eigenvalue weighted by molar-refractivity contribution is 5.35. The highest BCUT2D eigenvalue weighted by atomic mass is 16.3. The molecule has 0 unspecified atom stereocenters. The van der Waals surface area contributed by atoms with Crippen molar-refractivity contribution in [3.8, 4) is 5.75 Å². The minimum atomic E-state index is -1.06. The monoisotopic (exact) mass is 198 g/mol. The number of phenolic OH excluding ortho intramolecular Hbond substituents is 1. The van der Waals surface area contributed by atoms with Gasteiger partial charge in [0.15, 0.2) is 0 Å². The first-order chi connectivity index (χ1) is 6.70. The molecule has 0 saturated carbocycles. The fraction of sp³-hybridized carbons (Fsp3) is 0.400. The number of para-hydroxylation sites is 1. The van der Waals surface area contributed by atoms with E-state index in [0.29, 0.717) is 5.56 Å². The summed E-state index contributed by atoms with van der Waals surface area (Å²) < 4.78 is 0. The van der Waals surface area contributed by atoms with Crippen molar-refractivity contribution in [3.05, 3.63) is 29.8 Å². The second-order valence-electron chi connectivity index (χ2n) is 3.10. The van der Waals surface area contributed by atoms with E-state index in [4.69, 9.17) is 10.2 Å². The highest BCUT2D eigenvalue weighted by Gasteiger charge is 2.21. The van der Waals surface area contributed by atoms with Crippen LogP contribution in [0, 0.1) is 0 Å². The van der Waals surface area contributed by atoms with Gasteiger partial charge in [0.2, 0.25) is 0 Å². The fourth-order valence-electron chi connectivity index (χ4n) is 1.36. The van der Waals surface area contributed by atoms with E-state index in [0.717, 1.165) is 0 Å². The van der Waals surface area contributed by atoms with E-state index in [9.17, 15) is 10.2 Å². The number of hydrogen-bond acceptors (Lipinski definition) is 4. The molecule has 2 atom stereocenters. The van der Waals surface area contributed by atoms with Crippen LogP contribution in [0.3, 0.4) is 0 Å². The SMILES string of the molecule is OC[C@H](O)[C@@H](CO)c1ccccc1O. The molecule has 0 heterocycles. The quantitative estimate of drug-likeness (QED) is 0.541. The molecule has 0 aliphatic carbocycles. The Morgan fingerprint density at radius 1 is 1.07 bits per heavy atom. The third-order valence-electron chi connectivity index (χ3n) is 2.18. The van der Waals surface area contributed by atoms with Crippen molar-refractivity contribution in [2.45, 2.75) is 12.0 Å². The second kappa shape index (κ2) is 4.95. The topological polar surface area (TPSA) is 80.9 Å². The third kappa shape index (κ3) is 2.23. The number of aliphatic hydroxyl groups excluding tert-OH is 3. The van der Waals surface area contributed by atoms with E-state index in [1.807, 2.05) is 0 Å². The molecular formula is C10H14O4. The zero-order valence-electron chi connectivity index (χ0n) is 7.67. The molecular weight excluding hydrogens is 184 g/mol. The Balaban J connectivity index is 2.94. The molecule has 0 spiro atoms. The van der Waals surface area contributed by atoms with Crippen molar-refractivity contribution in [2.24, 2.45) is 0 Å². The van der Waals surface area contributed by atoms with Gasteiger partial charge in [0.05, 0.1) is 19.3 Å². The smallest absolute Gasteiger partial charge is 0.119 e. The lowest BCUT2D eigenvalue weighted by molar-refractivity contribution is 0.0519. The molecule has 4 nitrogen and oxygen atoms in total. The van der Waals surface area contributed by atoms with Crippen molar-refractivity contribution in [1.82, 2.24) is 0 Å². The summed E-state index contributed by atoms with van der Waals surface area (Å²) in [5.41, 5.74) is 0.441. The molecule has 78 valence electrons. The van der Waals surface area contributed by atoms with E-state index < -0.39 is 18.6 Å². The molecule has 4 N–H and O–H groups in total. The van der Waals surface area contributed by atoms with Crippen molar-refractivity contribution in [2.75, 3.05) is 13.2 Å². The van der Waals surface area contributed by atoms with Crippen LogP contribution in [0.4, 0.5) is 0 Å². The van der Waals surface area contributed by atoms with E-state index in [-0.39, 0.29) is 12.4 Å². The third-order valence-corrected chi connectivity index (χ3v) is 2.18. The molecule has 0 aromatic heterocycles. The van der Waals surface area contributed by atoms with Gasteiger partial charge in [0, 0.05) is 11.5 Å². The largest absolute Gasteiger partial charge is 0.508 e. The summed E-state index contributed by atoms with van der Waals surface area (Å²) in [7, 11) is 0. The van der Waals surface area contributed by atoms with Gasteiger partial charge < -0.3 is 20.4 Å². The molecule has 4 heteroatoms. The second-order valence-corrected chi connectivity index (χ2v) is 3.10. The summed E-state index contributed by atoms with van der Waals surface area (Å²) >= 11 is 0. The van der Waals surface area contributed by atoms with E-state index in [1.54, 1.807) is 18.2 Å². The zero-order chi connectivity index (χ0) is 10.6. The Labute approximate surface area is 82.1 Å². The van der Waals surface area contributed by atoms with Crippen LogP contribution in [0.25, 0.3) is 0 Å². The van der Waals surface area contributed by atoms with Crippen molar-refractivity contribution in [1.29, 1.82) is 0 Å². The number of aromatic hydroxyl groups is 1. The van der Waals surface area contributed by atoms with Crippen LogP contribution in [-0.2, 0) is 0 Å². The molecule has 0 aliphatic heterocycles. The minimum absolute atomic E-state index is 0.0130. The van der Waals surface area contributed by atoms with Gasteiger partial charge in [0.25, 0.3) is 0 Å². The van der Waals surface area contributed by atoms with Gasteiger partial charge in [-0.2, -0.15) is 0 Å². The lowest BCUT2D eigenvalue weighted by atomic mass is 9.94. The van der Waals surface area contributed by atoms with Gasteiger partial charge in [-0.15, -0.1) is 0 Å². The maximum Gasteiger partial charge on any atom is 0.119 e. The first-order valence-electron chi connectivity index (χ1n) is 4.38. The van der Waals surface area contributed by atoms with Gasteiger partial charge in [-0.1, -0.05) is 18.2 Å². The summed E-state index contributed by atoms with van der Waals surface area (Å²) in [6.45, 7) is -0.765. The van der Waals surface area contributed by atoms with E-state index in [2.05, 4.69) is 0 Å². The fourth-order valence-corrected chi connectivity index (χ4v) is 1.36. The predicted molar refractivity (Wildman–Crippen MR) is 51.0 cm³/mol. The Bertz CT molecular complexity index is 287. The van der Waals surface area contributed by atoms with Gasteiger partial charge in [-0.05, 0) is 6.07 Å². The molecule has 0 aliphatic rings. The average Bonchev–Trinajstić information content (AvgIpc) is 2.21. The van der Waals surface area contributed by atoms with Crippen molar-refractivity contribution >= 4 is 0 Å². The minimum Gasteiger partial charge on any atom is -0.508 e. The Kier molecular flexibility index (Phi) is 3.88. The summed E-state index contributed by atoms with van der Waals surface area (Å²) in [6, 6.07) is 6.43. The lowest BCUT2D eigenvalue weighted by Gasteiger charge is -2.20. The van der Waals surface area contributed by atoms with Crippen LogP contribution in [0.2, 0.25) is 0 Å². The van der Waals surface area contributed by atoms with Crippen LogP contribution < -0.4 is 0 Å². The van der Waals surface area contributed by atoms with Crippen LogP contribution in [-0.4, -0.2) is 39.7 Å². The first kappa shape index (κ1) is 11.0. The average molecular weight is 198 g/mol. The van der Waals surface area contributed by atoms with Crippen molar-refractivity contribution < 1.29 is 20.4 Å². The van der Waals surface area contributed by atoms with Crippen LogP contribution >= 0.6 is 0 Å². The normalized spacial score (nSPS) is 15.1. The van der Waals surface area contributed by atoms with Crippen LogP contribution in [0.5, 0.6) is 5.75 Å². The Morgan fingerprint density at radius 2 is 1.71 bits per heavy atom. The van der Waals surface area contributed by atoms with E-state index in [1.165, 1.54) is 6.07 Å². The van der Waals surface area contributed by atoms with Gasteiger partial charge >= 0.3 is 0 Å². The molecule has 0 fully saturated rings. The Hall–Kier alpha value is -1.10. The van der Waals surface area contributed by atoms with Gasteiger partial charge in [-0.25, -0.2) is 0 Å². The molecule has 14 heavy (non-hydrogen) atoms. The van der Waals surface area contributed by atoms with Gasteiger partial charge in [0.1, 0.15) is 5.75 Å². The summed E-state index contributed by atoms with van der Waals surface area (Å²) in [4.78, 5) is 0. The first-order valence-corrected chi connectivity index (χ1v) is 4.38. The molecule has 0 saturated heterocycles. The standard InChI is InChI=1S/C10H14O4/c11-5-8(10(14)6-12)7-3-1-2-4-9(7)13/h1-4,8,10-14H,5-6H2/t8-,10-/m0/s1. The maximum absolute atomic E-state index is 9.45. The number of rotatable bonds is 4. The van der Waals surface area contributed by atoms with Crippen LogP contribution in [0.1, 0.15) is 11.5 Å². The number of phenols is 1. The maximum atomic E-state index is 9.45. The molecule has 0 bridgehead atoms. The highest BCUT2D eigenvalue weighted by Crippen LogP contribution is 2.27. The molecule has 1 aromatic rings. The van der Waals surface area contributed by atoms with Crippen molar-refractivity contribution in [3.63, 3.8) is 0 Å². The molecule has 1 aromatic carbocycles. The number of hydrogen-bond donors (Lipinski definition) is 4. The Morgan fingerprint density at radius 3 is 2.21 bits per heavy atom. The van der Waals surface area contributed by atoms with Crippen LogP contribution in [0.15, 0.2) is 24.3 Å². The van der Waals surface area contributed by atoms with E-state index >= 15 is 0 Å². The lowest BCUT2D eigenvalue weighted by Crippen LogP contribution is -2.25. The van der Waals surface area contributed by atoms with Gasteiger partial charge in [-0.3, -0.25) is 0 Å². The summed E-state index contributed by atoms with van der Waals surface area (Å²) in [5, 5.41) is 36.6. The predicted octanol–water partition coefficient (Wildman–Crippen LogP) is -0.179. The number of benzene rings is 1. The molecule has 1 rings (SSSR count). The molecule has 0 amide bonds. The summed E-state index contributed by atoms with van der Waals surface area (Å²) in [5.74, 6) is -0.639.